The second kappa shape index (κ2) is 18.9. The molecule has 1 amide bonds. The van der Waals surface area contributed by atoms with Gasteiger partial charge < -0.3 is 114 Å². The van der Waals surface area contributed by atoms with Gasteiger partial charge in [-0.15, -0.1) is 0 Å². The summed E-state index contributed by atoms with van der Waals surface area (Å²) in [6, 6.07) is -1.61. The molecule has 0 aromatic heterocycles. The van der Waals surface area contributed by atoms with Gasteiger partial charge in [0.15, 0.2) is 31.5 Å². The molecule has 24 heteroatoms. The average Bonchev–Trinajstić information content (AvgIpc) is 3.15. The molecule has 0 bridgehead atoms. The van der Waals surface area contributed by atoms with Gasteiger partial charge in [0.25, 0.3) is 0 Å². The Bertz CT molecular complexity index is 1270. The molecule has 14 N–H and O–H groups in total. The van der Waals surface area contributed by atoms with Gasteiger partial charge in [-0.2, -0.15) is 0 Å². The molecular formula is C32H55NO23. The van der Waals surface area contributed by atoms with Gasteiger partial charge in [-0.25, -0.2) is 0 Å². The van der Waals surface area contributed by atoms with Crippen LogP contribution in [0.2, 0.25) is 0 Å². The first-order valence-corrected chi connectivity index (χ1v) is 18.2. The molecule has 0 aliphatic carbocycles. The maximum Gasteiger partial charge on any atom is 0.217 e. The van der Waals surface area contributed by atoms with Crippen LogP contribution in [0.5, 0.6) is 0 Å². The predicted octanol–water partition coefficient (Wildman–Crippen LogP) is -8.70. The van der Waals surface area contributed by atoms with Crippen molar-refractivity contribution in [2.24, 2.45) is 0 Å². The summed E-state index contributed by atoms with van der Waals surface area (Å²) >= 11 is 0. The summed E-state index contributed by atoms with van der Waals surface area (Å²) in [5.74, 6) is -0.757. The Labute approximate surface area is 319 Å². The molecule has 0 aromatic carbocycles. The second-order valence-electron chi connectivity index (χ2n) is 14.6. The van der Waals surface area contributed by atoms with E-state index in [1.807, 2.05) is 0 Å². The third-order valence-corrected chi connectivity index (χ3v) is 10.6. The number of amides is 1. The van der Waals surface area contributed by atoms with Gasteiger partial charge in [0.1, 0.15) is 104 Å². The fourth-order valence-corrected chi connectivity index (χ4v) is 7.23. The van der Waals surface area contributed by atoms with Gasteiger partial charge in [-0.05, 0) is 20.8 Å². The van der Waals surface area contributed by atoms with Crippen LogP contribution < -0.4 is 5.32 Å². The summed E-state index contributed by atoms with van der Waals surface area (Å²) in [4.78, 5) is 12.6. The monoisotopic (exact) mass is 821 g/mol. The zero-order chi connectivity index (χ0) is 41.5. The highest BCUT2D eigenvalue weighted by atomic mass is 16.8. The smallest absolute Gasteiger partial charge is 0.217 e. The van der Waals surface area contributed by atoms with Crippen LogP contribution in [0.4, 0.5) is 0 Å². The van der Waals surface area contributed by atoms with E-state index in [1.165, 1.54) is 20.8 Å². The van der Waals surface area contributed by atoms with Crippen LogP contribution in [0, 0.1) is 0 Å². The van der Waals surface area contributed by atoms with Crippen molar-refractivity contribution in [3.05, 3.63) is 0 Å². The number of carbonyl (C=O) groups excluding carboxylic acids is 1. The molecule has 25 atom stereocenters. The van der Waals surface area contributed by atoms with Gasteiger partial charge >= 0.3 is 0 Å². The normalized spacial score (nSPS) is 53.1. The van der Waals surface area contributed by atoms with E-state index in [0.717, 1.165) is 6.92 Å². The highest BCUT2D eigenvalue weighted by Gasteiger charge is 2.56. The minimum absolute atomic E-state index is 0.757. The number of carbonyl (C=O) groups is 1. The minimum Gasteiger partial charge on any atom is -0.394 e. The summed E-state index contributed by atoms with van der Waals surface area (Å²) in [6.45, 7) is 3.46. The van der Waals surface area contributed by atoms with Crippen molar-refractivity contribution in [1.82, 2.24) is 5.32 Å². The largest absolute Gasteiger partial charge is 0.394 e. The summed E-state index contributed by atoms with van der Waals surface area (Å²) < 4.78 is 51.3. The molecule has 5 rings (SSSR count). The van der Waals surface area contributed by atoms with E-state index in [1.54, 1.807) is 0 Å². The van der Waals surface area contributed by atoms with Crippen LogP contribution in [-0.2, 0) is 47.4 Å². The van der Waals surface area contributed by atoms with Crippen LogP contribution in [-0.4, -0.2) is 239 Å². The lowest BCUT2D eigenvalue weighted by atomic mass is 9.94. The number of aliphatic hydroxyl groups is 13. The highest BCUT2D eigenvalue weighted by molar-refractivity contribution is 5.73. The Morgan fingerprint density at radius 3 is 1.48 bits per heavy atom. The lowest BCUT2D eigenvalue weighted by Gasteiger charge is -2.50. The fraction of sp³-hybridized carbons (Fsp3) is 0.969. The molecule has 5 fully saturated rings. The van der Waals surface area contributed by atoms with Crippen LogP contribution in [0.3, 0.4) is 0 Å². The number of ether oxygens (including phenoxy) is 9. The van der Waals surface area contributed by atoms with E-state index in [4.69, 9.17) is 42.6 Å². The standard InChI is InChI=1S/C32H55NO23/c1-7-14(37)19(42)21(44)30(49-7)54-25-15(38)9(3)50-32(23(25)46)53-24-13(33-10(4)36)29(51-12(6-35)18(24)41)56-27-26(16(39)8(2)48-28(27)47)55-31-22(45)20(43)17(40)11(5-34)52-31/h7-9,11-32,34-35,37-47H,5-6H2,1-4H3,(H,33,36)/t7?,8?,9?,11-,12?,13+,14-,15-,16-,17+,18+,19-,20?,21?,22?,23?,24?,25-,26-,27?,28+,29-,30-,31+,32-/m0/s1. The van der Waals surface area contributed by atoms with E-state index in [0.29, 0.717) is 0 Å². The zero-order valence-corrected chi connectivity index (χ0v) is 30.7. The first-order valence-electron chi connectivity index (χ1n) is 18.2. The zero-order valence-electron chi connectivity index (χ0n) is 30.7. The molecule has 0 radical (unpaired) electrons. The highest BCUT2D eigenvalue weighted by Crippen LogP contribution is 2.36. The Hall–Kier alpha value is -1.41. The molecular weight excluding hydrogens is 766 g/mol. The fourth-order valence-electron chi connectivity index (χ4n) is 7.23. The Morgan fingerprint density at radius 2 is 0.893 bits per heavy atom. The lowest BCUT2D eigenvalue weighted by Crippen LogP contribution is -2.70. The molecule has 5 heterocycles. The van der Waals surface area contributed by atoms with Gasteiger partial charge in [0.05, 0.1) is 31.5 Å². The molecule has 24 nitrogen and oxygen atoms in total. The quantitative estimate of drug-likeness (QED) is 0.0920. The van der Waals surface area contributed by atoms with E-state index < -0.39 is 173 Å². The van der Waals surface area contributed by atoms with E-state index in [-0.39, 0.29) is 0 Å². The number of rotatable bonds is 11. The number of hydrogen-bond acceptors (Lipinski definition) is 23. The van der Waals surface area contributed by atoms with Crippen molar-refractivity contribution >= 4 is 5.91 Å². The van der Waals surface area contributed by atoms with Crippen molar-refractivity contribution in [2.75, 3.05) is 13.2 Å². The lowest BCUT2D eigenvalue weighted by molar-refractivity contribution is -0.388. The van der Waals surface area contributed by atoms with Crippen molar-refractivity contribution < 1.29 is 114 Å². The number of nitrogens with one attached hydrogen (secondary N) is 1. The SMILES string of the molecule is CC(=O)N[C@@H]1C(O[C@@H]2OC(C)[C@H](O)[C@H](O[C@@H]3OC(C)[C@H](O)[C@H](O)C3O)C2O)[C@H](O)C(CO)O[C@H]1OC1[C@H](O)OC(C)[C@H](O)[C@@H]1O[C@H]1O[C@@H](CO)[C@@H](O)C(O)C1O. The molecule has 326 valence electrons. The van der Waals surface area contributed by atoms with Crippen molar-refractivity contribution in [3.63, 3.8) is 0 Å². The van der Waals surface area contributed by atoms with Crippen LogP contribution >= 0.6 is 0 Å². The Morgan fingerprint density at radius 1 is 0.464 bits per heavy atom. The third kappa shape index (κ3) is 9.31. The molecule has 0 spiro atoms. The van der Waals surface area contributed by atoms with E-state index in [9.17, 15) is 71.2 Å². The van der Waals surface area contributed by atoms with E-state index in [2.05, 4.69) is 5.32 Å². The van der Waals surface area contributed by atoms with Gasteiger partial charge in [-0.3, -0.25) is 4.79 Å². The first kappa shape index (κ1) is 45.7. The number of aliphatic hydroxyl groups excluding tert-OH is 13. The topological polar surface area (TPSA) is 375 Å². The average molecular weight is 822 g/mol. The Balaban J connectivity index is 1.40. The predicted molar refractivity (Wildman–Crippen MR) is 174 cm³/mol. The van der Waals surface area contributed by atoms with Gasteiger partial charge in [0.2, 0.25) is 5.91 Å². The minimum atomic E-state index is -1.95. The molecule has 5 aliphatic heterocycles. The second-order valence-corrected chi connectivity index (χ2v) is 14.6. The third-order valence-electron chi connectivity index (χ3n) is 10.6. The molecule has 10 unspecified atom stereocenters. The summed E-state index contributed by atoms with van der Waals surface area (Å²) in [5.41, 5.74) is 0. The maximum absolute atomic E-state index is 12.6. The molecule has 5 aliphatic rings. The summed E-state index contributed by atoms with van der Waals surface area (Å²) in [6.07, 6.45) is -40.0. The van der Waals surface area contributed by atoms with Crippen molar-refractivity contribution in [3.8, 4) is 0 Å². The van der Waals surface area contributed by atoms with Gasteiger partial charge in [0, 0.05) is 6.92 Å². The van der Waals surface area contributed by atoms with Crippen molar-refractivity contribution in [2.45, 2.75) is 181 Å². The molecule has 56 heavy (non-hydrogen) atoms. The van der Waals surface area contributed by atoms with Crippen molar-refractivity contribution in [1.29, 1.82) is 0 Å². The Kier molecular flexibility index (Phi) is 15.4. The summed E-state index contributed by atoms with van der Waals surface area (Å²) in [7, 11) is 0. The number of hydrogen-bond donors (Lipinski definition) is 14. The van der Waals surface area contributed by atoms with Crippen LogP contribution in [0.25, 0.3) is 0 Å². The molecule has 0 saturated carbocycles. The molecule has 5 saturated heterocycles. The van der Waals surface area contributed by atoms with E-state index >= 15 is 0 Å². The van der Waals surface area contributed by atoms with Crippen LogP contribution in [0.15, 0.2) is 0 Å². The summed E-state index contributed by atoms with van der Waals surface area (Å²) in [5, 5.41) is 140. The van der Waals surface area contributed by atoms with Crippen LogP contribution in [0.1, 0.15) is 27.7 Å². The first-order chi connectivity index (χ1) is 26.3. The maximum atomic E-state index is 12.6. The van der Waals surface area contributed by atoms with Gasteiger partial charge in [-0.1, -0.05) is 0 Å². The molecule has 0 aromatic rings.